The molecule has 5 heteroatoms. The van der Waals surface area contributed by atoms with Crippen molar-refractivity contribution in [1.82, 2.24) is 25.3 Å². The highest BCUT2D eigenvalue weighted by Crippen LogP contribution is 2.23. The minimum absolute atomic E-state index is 0.176. The molecule has 0 aliphatic heterocycles. The van der Waals surface area contributed by atoms with E-state index in [4.69, 9.17) is 4.98 Å². The predicted molar refractivity (Wildman–Crippen MR) is 102 cm³/mol. The Kier molecular flexibility index (Phi) is 5.53. The van der Waals surface area contributed by atoms with Gasteiger partial charge in [-0.05, 0) is 37.0 Å². The van der Waals surface area contributed by atoms with Crippen molar-refractivity contribution in [2.24, 2.45) is 5.92 Å². The van der Waals surface area contributed by atoms with Gasteiger partial charge in [-0.3, -0.25) is 0 Å². The van der Waals surface area contributed by atoms with Crippen LogP contribution in [0.1, 0.15) is 62.6 Å². The molecule has 0 spiro atoms. The highest BCUT2D eigenvalue weighted by molar-refractivity contribution is 5.75. The second-order valence-electron chi connectivity index (χ2n) is 7.20. The van der Waals surface area contributed by atoms with Crippen LogP contribution in [0.25, 0.3) is 11.0 Å². The van der Waals surface area contributed by atoms with Crippen molar-refractivity contribution in [3.63, 3.8) is 0 Å². The summed E-state index contributed by atoms with van der Waals surface area (Å²) in [5.41, 5.74) is 4.50. The summed E-state index contributed by atoms with van der Waals surface area (Å²) in [7, 11) is 0. The number of rotatable bonds is 8. The summed E-state index contributed by atoms with van der Waals surface area (Å²) in [6.45, 7) is 9.50. The molecule has 0 saturated heterocycles. The zero-order chi connectivity index (χ0) is 17.8. The van der Waals surface area contributed by atoms with Crippen LogP contribution in [0.15, 0.2) is 24.4 Å². The first-order valence-corrected chi connectivity index (χ1v) is 9.29. The average Bonchev–Trinajstić information content (AvgIpc) is 3.19. The van der Waals surface area contributed by atoms with Gasteiger partial charge in [0.1, 0.15) is 11.6 Å². The number of fused-ring (bicyclic) bond motifs is 1. The maximum atomic E-state index is 4.79. The zero-order valence-electron chi connectivity index (χ0n) is 15.7. The van der Waals surface area contributed by atoms with Gasteiger partial charge in [0, 0.05) is 24.9 Å². The lowest BCUT2D eigenvalue weighted by Gasteiger charge is -2.20. The summed E-state index contributed by atoms with van der Waals surface area (Å²) >= 11 is 0. The molecule has 3 aromatic rings. The van der Waals surface area contributed by atoms with Gasteiger partial charge in [-0.1, -0.05) is 33.3 Å². The molecule has 3 N–H and O–H groups in total. The van der Waals surface area contributed by atoms with Crippen LogP contribution in [0, 0.1) is 12.8 Å². The maximum Gasteiger partial charge on any atom is 0.124 e. The molecule has 1 unspecified atom stereocenters. The summed E-state index contributed by atoms with van der Waals surface area (Å²) in [4.78, 5) is 16.2. The molecule has 0 bridgehead atoms. The summed E-state index contributed by atoms with van der Waals surface area (Å²) in [6, 6.07) is 6.51. The van der Waals surface area contributed by atoms with E-state index < -0.39 is 0 Å². The fourth-order valence-electron chi connectivity index (χ4n) is 3.13. The molecule has 0 radical (unpaired) electrons. The van der Waals surface area contributed by atoms with Gasteiger partial charge in [-0.2, -0.15) is 0 Å². The summed E-state index contributed by atoms with van der Waals surface area (Å²) in [5, 5.41) is 3.63. The van der Waals surface area contributed by atoms with Crippen LogP contribution in [0.4, 0.5) is 0 Å². The lowest BCUT2D eigenvalue weighted by Crippen LogP contribution is -2.26. The lowest BCUT2D eigenvalue weighted by atomic mass is 10.0. The van der Waals surface area contributed by atoms with Crippen molar-refractivity contribution in [2.75, 3.05) is 0 Å². The number of imidazole rings is 2. The van der Waals surface area contributed by atoms with Gasteiger partial charge >= 0.3 is 0 Å². The number of unbranched alkanes of at least 4 members (excludes halogenated alkanes) is 1. The quantitative estimate of drug-likeness (QED) is 0.569. The normalized spacial score (nSPS) is 13.0. The molecule has 25 heavy (non-hydrogen) atoms. The Morgan fingerprint density at radius 3 is 2.80 bits per heavy atom. The molecule has 0 fully saturated rings. The van der Waals surface area contributed by atoms with Crippen LogP contribution in [0.5, 0.6) is 0 Å². The molecule has 0 aliphatic rings. The molecule has 0 saturated carbocycles. The first-order valence-electron chi connectivity index (χ1n) is 9.29. The fourth-order valence-corrected chi connectivity index (χ4v) is 3.13. The summed E-state index contributed by atoms with van der Waals surface area (Å²) in [5.74, 6) is 2.52. The molecule has 0 amide bonds. The zero-order valence-corrected chi connectivity index (χ0v) is 15.7. The fraction of sp³-hybridized carbons (Fsp3) is 0.500. The number of nitrogens with zero attached hydrogens (tertiary/aromatic N) is 2. The molecule has 5 nitrogen and oxygen atoms in total. The maximum absolute atomic E-state index is 4.79. The molecule has 1 atom stereocenters. The largest absolute Gasteiger partial charge is 0.345 e. The molecule has 2 heterocycles. The molecule has 1 aromatic carbocycles. The molecular formula is C20H29N5. The van der Waals surface area contributed by atoms with Crippen LogP contribution >= 0.6 is 0 Å². The second kappa shape index (κ2) is 7.83. The van der Waals surface area contributed by atoms with Gasteiger partial charge in [0.05, 0.1) is 17.1 Å². The van der Waals surface area contributed by atoms with E-state index in [0.717, 1.165) is 41.3 Å². The minimum atomic E-state index is 0.176. The van der Waals surface area contributed by atoms with Crippen molar-refractivity contribution in [3.8, 4) is 0 Å². The smallest absolute Gasteiger partial charge is 0.124 e. The van der Waals surface area contributed by atoms with Crippen LogP contribution in [0.3, 0.4) is 0 Å². The van der Waals surface area contributed by atoms with Gasteiger partial charge < -0.3 is 15.3 Å². The number of aromatic amines is 2. The van der Waals surface area contributed by atoms with Crippen molar-refractivity contribution in [2.45, 2.75) is 59.5 Å². The van der Waals surface area contributed by atoms with E-state index in [-0.39, 0.29) is 6.04 Å². The highest BCUT2D eigenvalue weighted by atomic mass is 15.0. The van der Waals surface area contributed by atoms with Gasteiger partial charge in [0.25, 0.3) is 0 Å². The first-order chi connectivity index (χ1) is 12.1. The van der Waals surface area contributed by atoms with Gasteiger partial charge in [-0.25, -0.2) is 9.97 Å². The predicted octanol–water partition coefficient (Wildman–Crippen LogP) is 4.42. The first kappa shape index (κ1) is 17.7. The minimum Gasteiger partial charge on any atom is -0.345 e. The molecular weight excluding hydrogens is 310 g/mol. The monoisotopic (exact) mass is 339 g/mol. The van der Waals surface area contributed by atoms with E-state index in [9.17, 15) is 0 Å². The van der Waals surface area contributed by atoms with E-state index >= 15 is 0 Å². The Balaban J connectivity index is 1.71. The summed E-state index contributed by atoms with van der Waals surface area (Å²) < 4.78 is 0. The topological polar surface area (TPSA) is 69.4 Å². The number of hydrogen-bond acceptors (Lipinski definition) is 3. The summed E-state index contributed by atoms with van der Waals surface area (Å²) in [6.07, 6.45) is 5.33. The molecule has 134 valence electrons. The van der Waals surface area contributed by atoms with Crippen molar-refractivity contribution >= 4 is 11.0 Å². The van der Waals surface area contributed by atoms with Crippen LogP contribution in [-0.2, 0) is 13.0 Å². The van der Waals surface area contributed by atoms with Crippen LogP contribution in [0.2, 0.25) is 0 Å². The Hall–Kier alpha value is -2.14. The third-order valence-electron chi connectivity index (χ3n) is 4.58. The third kappa shape index (κ3) is 4.28. The van der Waals surface area contributed by atoms with E-state index in [0.29, 0.717) is 5.92 Å². The Morgan fingerprint density at radius 1 is 1.20 bits per heavy atom. The van der Waals surface area contributed by atoms with Crippen LogP contribution < -0.4 is 5.32 Å². The highest BCUT2D eigenvalue weighted by Gasteiger charge is 2.19. The number of H-pyrrole nitrogens is 2. The van der Waals surface area contributed by atoms with Crippen molar-refractivity contribution in [3.05, 3.63) is 47.3 Å². The number of aryl methyl sites for hydroxylation is 2. The van der Waals surface area contributed by atoms with Gasteiger partial charge in [0.15, 0.2) is 0 Å². The average molecular weight is 339 g/mol. The number of benzene rings is 1. The molecule has 0 aliphatic carbocycles. The SMILES string of the molecule is CCCCc1ncc(CNC(c2nc3ccc(C)cc3[nH]2)C(C)C)[nH]1. The van der Waals surface area contributed by atoms with E-state index in [1.54, 1.807) is 0 Å². The number of nitrogens with one attached hydrogen (secondary N) is 3. The lowest BCUT2D eigenvalue weighted by molar-refractivity contribution is 0.394. The van der Waals surface area contributed by atoms with Crippen molar-refractivity contribution < 1.29 is 0 Å². The van der Waals surface area contributed by atoms with Gasteiger partial charge in [-0.15, -0.1) is 0 Å². The Bertz CT molecular complexity index is 814. The molecule has 3 rings (SSSR count). The number of aromatic nitrogens is 4. The van der Waals surface area contributed by atoms with Crippen LogP contribution in [-0.4, -0.2) is 19.9 Å². The Morgan fingerprint density at radius 2 is 2.04 bits per heavy atom. The van der Waals surface area contributed by atoms with Gasteiger partial charge in [0.2, 0.25) is 0 Å². The number of hydrogen-bond donors (Lipinski definition) is 3. The second-order valence-corrected chi connectivity index (χ2v) is 7.20. The third-order valence-corrected chi connectivity index (χ3v) is 4.58. The molecule has 2 aromatic heterocycles. The standard InChI is InChI=1S/C20H29N5/c1-5-6-7-18-21-11-15(23-18)12-22-19(13(2)3)20-24-16-9-8-14(4)10-17(16)25-20/h8-11,13,19,22H,5-7,12H2,1-4H3,(H,21,23)(H,24,25). The Labute approximate surface area is 149 Å². The van der Waals surface area contributed by atoms with E-state index in [2.05, 4.69) is 66.2 Å². The van der Waals surface area contributed by atoms with Crippen molar-refractivity contribution in [1.29, 1.82) is 0 Å². The van der Waals surface area contributed by atoms with E-state index in [1.807, 2.05) is 6.20 Å². The van der Waals surface area contributed by atoms with E-state index in [1.165, 1.54) is 18.4 Å².